The van der Waals surface area contributed by atoms with Crippen LogP contribution in [0, 0.1) is 0 Å². The predicted octanol–water partition coefficient (Wildman–Crippen LogP) is 2.02. The van der Waals surface area contributed by atoms with Crippen LogP contribution in [0.15, 0.2) is 53.4 Å². The minimum absolute atomic E-state index is 0.0263. The normalized spacial score (nSPS) is 12.8. The van der Waals surface area contributed by atoms with Gasteiger partial charge in [0.15, 0.2) is 0 Å². The highest BCUT2D eigenvalue weighted by atomic mass is 32.2. The highest BCUT2D eigenvalue weighted by Gasteiger charge is 2.14. The summed E-state index contributed by atoms with van der Waals surface area (Å²) in [5.41, 5.74) is 2.49. The SMILES string of the molecule is CC(NC(=O)CCc1nc2ccccc2[nH]1)c1cccc(S(N)(=O)=O)c1. The summed E-state index contributed by atoms with van der Waals surface area (Å²) in [6.07, 6.45) is 0.767. The van der Waals surface area contributed by atoms with E-state index in [1.54, 1.807) is 19.1 Å². The molecule has 1 aromatic heterocycles. The van der Waals surface area contributed by atoms with E-state index < -0.39 is 10.0 Å². The lowest BCUT2D eigenvalue weighted by molar-refractivity contribution is -0.121. The first-order chi connectivity index (χ1) is 12.3. The third-order valence-corrected chi connectivity index (χ3v) is 5.00. The molecule has 1 atom stereocenters. The fraction of sp³-hybridized carbons (Fsp3) is 0.222. The van der Waals surface area contributed by atoms with Crippen LogP contribution < -0.4 is 10.5 Å². The molecule has 0 saturated carbocycles. The minimum atomic E-state index is -3.77. The Morgan fingerprint density at radius 2 is 2.00 bits per heavy atom. The lowest BCUT2D eigenvalue weighted by atomic mass is 10.1. The van der Waals surface area contributed by atoms with E-state index in [1.165, 1.54) is 12.1 Å². The number of imidazole rings is 1. The number of hydrogen-bond acceptors (Lipinski definition) is 4. The number of aromatic amines is 1. The molecule has 2 aromatic carbocycles. The highest BCUT2D eigenvalue weighted by molar-refractivity contribution is 7.89. The van der Waals surface area contributed by atoms with E-state index in [0.717, 1.165) is 16.9 Å². The summed E-state index contributed by atoms with van der Waals surface area (Å²) >= 11 is 0. The van der Waals surface area contributed by atoms with Crippen LogP contribution in [0.25, 0.3) is 11.0 Å². The van der Waals surface area contributed by atoms with Crippen LogP contribution in [-0.2, 0) is 21.2 Å². The van der Waals surface area contributed by atoms with Crippen molar-refractivity contribution in [1.82, 2.24) is 15.3 Å². The van der Waals surface area contributed by atoms with Crippen molar-refractivity contribution in [3.05, 3.63) is 59.9 Å². The van der Waals surface area contributed by atoms with Gasteiger partial charge in [0.05, 0.1) is 22.0 Å². The summed E-state index contributed by atoms with van der Waals surface area (Å²) < 4.78 is 22.9. The van der Waals surface area contributed by atoms with E-state index in [-0.39, 0.29) is 23.3 Å². The summed E-state index contributed by atoms with van der Waals surface area (Å²) in [7, 11) is -3.77. The third kappa shape index (κ3) is 4.27. The molecule has 0 aliphatic carbocycles. The van der Waals surface area contributed by atoms with E-state index >= 15 is 0 Å². The van der Waals surface area contributed by atoms with Gasteiger partial charge in [0.2, 0.25) is 15.9 Å². The van der Waals surface area contributed by atoms with Crippen molar-refractivity contribution in [2.75, 3.05) is 0 Å². The number of H-pyrrole nitrogens is 1. The number of carbonyl (C=O) groups is 1. The molecule has 0 spiro atoms. The van der Waals surface area contributed by atoms with Gasteiger partial charge in [-0.1, -0.05) is 24.3 Å². The first kappa shape index (κ1) is 18.1. The number of benzene rings is 2. The van der Waals surface area contributed by atoms with E-state index in [4.69, 9.17) is 5.14 Å². The van der Waals surface area contributed by atoms with Gasteiger partial charge in [-0.25, -0.2) is 18.5 Å². The molecule has 0 saturated heterocycles. The molecule has 0 aliphatic heterocycles. The van der Waals surface area contributed by atoms with E-state index in [0.29, 0.717) is 12.0 Å². The number of rotatable bonds is 6. The maximum absolute atomic E-state index is 12.2. The molecule has 26 heavy (non-hydrogen) atoms. The number of hydrogen-bond donors (Lipinski definition) is 3. The number of fused-ring (bicyclic) bond motifs is 1. The number of para-hydroxylation sites is 2. The topological polar surface area (TPSA) is 118 Å². The van der Waals surface area contributed by atoms with Crippen molar-refractivity contribution in [3.8, 4) is 0 Å². The van der Waals surface area contributed by atoms with Gasteiger partial charge in [0.25, 0.3) is 0 Å². The Morgan fingerprint density at radius 1 is 1.23 bits per heavy atom. The average Bonchev–Trinajstić information content (AvgIpc) is 3.02. The zero-order valence-electron chi connectivity index (χ0n) is 14.3. The standard InChI is InChI=1S/C18H20N4O3S/c1-12(13-5-4-6-14(11-13)26(19,24)25)20-18(23)10-9-17-21-15-7-2-3-8-16(15)22-17/h2-8,11-12H,9-10H2,1H3,(H,20,23)(H,21,22)(H2,19,24,25). The number of primary sulfonamides is 1. The van der Waals surface area contributed by atoms with Gasteiger partial charge in [0, 0.05) is 12.8 Å². The second-order valence-electron chi connectivity index (χ2n) is 6.11. The lowest BCUT2D eigenvalue weighted by Gasteiger charge is -2.15. The van der Waals surface area contributed by atoms with Gasteiger partial charge in [-0.3, -0.25) is 4.79 Å². The van der Waals surface area contributed by atoms with Gasteiger partial charge in [-0.05, 0) is 36.8 Å². The van der Waals surface area contributed by atoms with Crippen LogP contribution in [0.4, 0.5) is 0 Å². The molecule has 0 aliphatic rings. The molecule has 3 rings (SSSR count). The molecule has 1 unspecified atom stereocenters. The number of aryl methyl sites for hydroxylation is 1. The zero-order chi connectivity index (χ0) is 18.7. The quantitative estimate of drug-likeness (QED) is 0.613. The Labute approximate surface area is 151 Å². The Kier molecular flexibility index (Phi) is 5.06. The molecule has 1 amide bonds. The monoisotopic (exact) mass is 372 g/mol. The largest absolute Gasteiger partial charge is 0.350 e. The summed E-state index contributed by atoms with van der Waals surface area (Å²) in [4.78, 5) is 19.9. The summed E-state index contributed by atoms with van der Waals surface area (Å²) in [6, 6.07) is 13.6. The number of amides is 1. The molecule has 7 nitrogen and oxygen atoms in total. The first-order valence-electron chi connectivity index (χ1n) is 8.19. The number of aromatic nitrogens is 2. The third-order valence-electron chi connectivity index (χ3n) is 4.09. The van der Waals surface area contributed by atoms with Crippen LogP contribution in [0.1, 0.15) is 30.8 Å². The van der Waals surface area contributed by atoms with Gasteiger partial charge >= 0.3 is 0 Å². The molecule has 136 valence electrons. The maximum Gasteiger partial charge on any atom is 0.238 e. The molecule has 3 aromatic rings. The predicted molar refractivity (Wildman–Crippen MR) is 98.8 cm³/mol. The van der Waals surface area contributed by atoms with Crippen molar-refractivity contribution < 1.29 is 13.2 Å². The molecular formula is C18H20N4O3S. The van der Waals surface area contributed by atoms with Gasteiger partial charge in [-0.15, -0.1) is 0 Å². The molecule has 0 fully saturated rings. The van der Waals surface area contributed by atoms with Crippen LogP contribution in [0.3, 0.4) is 0 Å². The smallest absolute Gasteiger partial charge is 0.238 e. The highest BCUT2D eigenvalue weighted by Crippen LogP contribution is 2.17. The number of carbonyl (C=O) groups excluding carboxylic acids is 1. The van der Waals surface area contributed by atoms with Gasteiger partial charge in [-0.2, -0.15) is 0 Å². The minimum Gasteiger partial charge on any atom is -0.350 e. The van der Waals surface area contributed by atoms with Crippen molar-refractivity contribution in [3.63, 3.8) is 0 Å². The van der Waals surface area contributed by atoms with Crippen LogP contribution in [0.5, 0.6) is 0 Å². The zero-order valence-corrected chi connectivity index (χ0v) is 15.1. The summed E-state index contributed by atoms with van der Waals surface area (Å²) in [6.45, 7) is 1.79. The van der Waals surface area contributed by atoms with Crippen molar-refractivity contribution in [2.24, 2.45) is 5.14 Å². The van der Waals surface area contributed by atoms with E-state index in [1.807, 2.05) is 24.3 Å². The van der Waals surface area contributed by atoms with Crippen molar-refractivity contribution in [2.45, 2.75) is 30.7 Å². The van der Waals surface area contributed by atoms with Crippen LogP contribution >= 0.6 is 0 Å². The first-order valence-corrected chi connectivity index (χ1v) is 9.73. The Morgan fingerprint density at radius 3 is 2.73 bits per heavy atom. The van der Waals surface area contributed by atoms with Gasteiger partial charge in [0.1, 0.15) is 5.82 Å². The molecule has 0 bridgehead atoms. The molecular weight excluding hydrogens is 352 g/mol. The average molecular weight is 372 g/mol. The fourth-order valence-electron chi connectivity index (χ4n) is 2.71. The van der Waals surface area contributed by atoms with Crippen molar-refractivity contribution in [1.29, 1.82) is 0 Å². The van der Waals surface area contributed by atoms with E-state index in [2.05, 4.69) is 15.3 Å². The summed E-state index contributed by atoms with van der Waals surface area (Å²) in [5, 5.41) is 8.01. The number of nitrogens with one attached hydrogen (secondary N) is 2. The fourth-order valence-corrected chi connectivity index (χ4v) is 3.28. The molecule has 4 N–H and O–H groups in total. The maximum atomic E-state index is 12.2. The van der Waals surface area contributed by atoms with Crippen LogP contribution in [-0.4, -0.2) is 24.3 Å². The Bertz CT molecular complexity index is 1010. The number of nitrogens with two attached hydrogens (primary N) is 1. The molecule has 1 heterocycles. The number of sulfonamides is 1. The summed E-state index contributed by atoms with van der Waals surface area (Å²) in [5.74, 6) is 0.615. The molecule has 0 radical (unpaired) electrons. The lowest BCUT2D eigenvalue weighted by Crippen LogP contribution is -2.27. The second kappa shape index (κ2) is 7.27. The molecule has 8 heteroatoms. The second-order valence-corrected chi connectivity index (χ2v) is 7.67. The Hall–Kier alpha value is -2.71. The number of nitrogens with zero attached hydrogens (tertiary/aromatic N) is 1. The van der Waals surface area contributed by atoms with Crippen LogP contribution in [0.2, 0.25) is 0 Å². The van der Waals surface area contributed by atoms with E-state index in [9.17, 15) is 13.2 Å². The van der Waals surface area contributed by atoms with Crippen molar-refractivity contribution >= 4 is 27.0 Å². The van der Waals surface area contributed by atoms with Gasteiger partial charge < -0.3 is 10.3 Å². The Balaban J connectivity index is 1.60.